The van der Waals surface area contributed by atoms with Crippen molar-refractivity contribution in [1.29, 1.82) is 0 Å². The zero-order chi connectivity index (χ0) is 20.7. The number of nitrogens with zero attached hydrogens (tertiary/aromatic N) is 7. The molecule has 0 N–H and O–H groups in total. The van der Waals surface area contributed by atoms with E-state index in [9.17, 15) is 0 Å². The van der Waals surface area contributed by atoms with Gasteiger partial charge >= 0.3 is 0 Å². The molecule has 1 aromatic carbocycles. The van der Waals surface area contributed by atoms with Gasteiger partial charge in [0, 0.05) is 30.9 Å². The number of imidazole rings is 1. The van der Waals surface area contributed by atoms with E-state index in [1.54, 1.807) is 37.6 Å². The Morgan fingerprint density at radius 1 is 1.13 bits per heavy atom. The lowest BCUT2D eigenvalue weighted by Gasteiger charge is -2.30. The highest BCUT2D eigenvalue weighted by Crippen LogP contribution is 2.46. The lowest BCUT2D eigenvalue weighted by molar-refractivity contribution is 0.204. The molecule has 0 radical (unpaired) electrons. The van der Waals surface area contributed by atoms with E-state index in [2.05, 4.69) is 54.3 Å². The molecule has 0 saturated heterocycles. The van der Waals surface area contributed by atoms with Crippen molar-refractivity contribution < 1.29 is 4.74 Å². The molecular formula is C21H19N7OS. The molecule has 0 amide bonds. The molecule has 0 fully saturated rings. The largest absolute Gasteiger partial charge is 0.364 e. The molecule has 30 heavy (non-hydrogen) atoms. The van der Waals surface area contributed by atoms with Crippen LogP contribution >= 0.6 is 11.8 Å². The van der Waals surface area contributed by atoms with Crippen LogP contribution < -0.4 is 4.90 Å². The summed E-state index contributed by atoms with van der Waals surface area (Å²) < 4.78 is 7.51. The molecule has 0 atom stereocenters. The maximum absolute atomic E-state index is 5.45. The maximum Gasteiger partial charge on any atom is 0.181 e. The lowest BCUT2D eigenvalue weighted by Crippen LogP contribution is -2.24. The summed E-state index contributed by atoms with van der Waals surface area (Å²) >= 11 is 1.62. The smallest absolute Gasteiger partial charge is 0.181 e. The van der Waals surface area contributed by atoms with Crippen LogP contribution in [0.25, 0.3) is 16.7 Å². The minimum absolute atomic E-state index is 0.393. The highest BCUT2D eigenvalue weighted by atomic mass is 32.2. The van der Waals surface area contributed by atoms with Gasteiger partial charge in [-0.2, -0.15) is 0 Å². The highest BCUT2D eigenvalue weighted by molar-refractivity contribution is 7.99. The molecule has 1 aliphatic heterocycles. The van der Waals surface area contributed by atoms with Crippen molar-refractivity contribution >= 4 is 40.0 Å². The second kappa shape index (κ2) is 7.51. The first-order valence-electron chi connectivity index (χ1n) is 9.35. The third-order valence-corrected chi connectivity index (χ3v) is 5.89. The topological polar surface area (TPSA) is 81.9 Å². The lowest BCUT2D eigenvalue weighted by atomic mass is 10.1. The number of methoxy groups -OCH3 is 1. The first-order chi connectivity index (χ1) is 14.7. The van der Waals surface area contributed by atoms with E-state index in [-0.39, 0.29) is 0 Å². The zero-order valence-electron chi connectivity index (χ0n) is 16.6. The quantitative estimate of drug-likeness (QED) is 0.483. The average Bonchev–Trinajstić information content (AvgIpc) is 3.17. The molecule has 8 nitrogen and oxygen atoms in total. The van der Waals surface area contributed by atoms with Gasteiger partial charge in [-0.3, -0.25) is 4.90 Å². The molecule has 4 heterocycles. The summed E-state index contributed by atoms with van der Waals surface area (Å²) in [5, 5.41) is 0.874. The molecule has 0 spiro atoms. The Bertz CT molecular complexity index is 1270. The Morgan fingerprint density at radius 2 is 2.00 bits per heavy atom. The summed E-state index contributed by atoms with van der Waals surface area (Å²) in [6, 6.07) is 6.40. The second-order valence-corrected chi connectivity index (χ2v) is 8.01. The number of fused-ring (bicyclic) bond motifs is 3. The van der Waals surface area contributed by atoms with Crippen LogP contribution in [0, 0.1) is 0 Å². The van der Waals surface area contributed by atoms with Gasteiger partial charge in [-0.25, -0.2) is 24.9 Å². The van der Waals surface area contributed by atoms with Crippen LogP contribution in [0.1, 0.15) is 18.2 Å². The summed E-state index contributed by atoms with van der Waals surface area (Å²) in [6.07, 6.45) is 6.74. The molecule has 9 heteroatoms. The van der Waals surface area contributed by atoms with Crippen LogP contribution in [0.5, 0.6) is 0 Å². The van der Waals surface area contributed by atoms with Crippen molar-refractivity contribution in [3.8, 4) is 0 Å². The fourth-order valence-corrected chi connectivity index (χ4v) is 4.54. The molecule has 150 valence electrons. The standard InChI is InChI=1S/C21H19N7OS/c1-13(2)17-18-19(25-10-24-17)26-11-27(18)9-14-4-5-16-15(8-14)28(12-29-3)20-21(30-16)23-7-6-22-20/h4-8,10-11H,1,9,12H2,2-3H3. The Labute approximate surface area is 177 Å². The summed E-state index contributed by atoms with van der Waals surface area (Å²) in [5.41, 5.74) is 5.43. The van der Waals surface area contributed by atoms with E-state index >= 15 is 0 Å². The first kappa shape index (κ1) is 18.7. The van der Waals surface area contributed by atoms with E-state index in [0.29, 0.717) is 18.9 Å². The van der Waals surface area contributed by atoms with E-state index < -0.39 is 0 Å². The Morgan fingerprint density at radius 3 is 2.83 bits per heavy atom. The van der Waals surface area contributed by atoms with Crippen LogP contribution in [0.3, 0.4) is 0 Å². The highest BCUT2D eigenvalue weighted by Gasteiger charge is 2.26. The van der Waals surface area contributed by atoms with E-state index in [1.165, 1.54) is 6.33 Å². The summed E-state index contributed by atoms with van der Waals surface area (Å²) in [7, 11) is 1.68. The van der Waals surface area contributed by atoms with Crippen molar-refractivity contribution in [2.75, 3.05) is 18.7 Å². The number of hydrogen-bond acceptors (Lipinski definition) is 8. The fourth-order valence-electron chi connectivity index (χ4n) is 3.55. The monoisotopic (exact) mass is 417 g/mol. The number of allylic oxidation sites excluding steroid dienone is 1. The fraction of sp³-hybridized carbons (Fsp3) is 0.190. The van der Waals surface area contributed by atoms with Crippen molar-refractivity contribution in [2.45, 2.75) is 23.4 Å². The summed E-state index contributed by atoms with van der Waals surface area (Å²) in [4.78, 5) is 25.3. The summed E-state index contributed by atoms with van der Waals surface area (Å²) in [5.74, 6) is 0.806. The Hall–Kier alpha value is -3.30. The Kier molecular flexibility index (Phi) is 4.68. The molecule has 0 saturated carbocycles. The van der Waals surface area contributed by atoms with Gasteiger partial charge in [0.05, 0.1) is 17.7 Å². The van der Waals surface area contributed by atoms with Gasteiger partial charge in [0.15, 0.2) is 11.5 Å². The van der Waals surface area contributed by atoms with Crippen LogP contribution in [0.15, 0.2) is 59.7 Å². The average molecular weight is 417 g/mol. The number of anilines is 2. The number of aromatic nitrogens is 6. The van der Waals surface area contributed by atoms with Gasteiger partial charge in [-0.15, -0.1) is 0 Å². The molecule has 4 aromatic rings. The molecule has 1 aliphatic rings. The molecule has 3 aromatic heterocycles. The first-order valence-corrected chi connectivity index (χ1v) is 10.2. The minimum atomic E-state index is 0.393. The van der Waals surface area contributed by atoms with Crippen molar-refractivity contribution in [2.24, 2.45) is 0 Å². The Balaban J connectivity index is 1.55. The number of rotatable bonds is 5. The van der Waals surface area contributed by atoms with Crippen molar-refractivity contribution in [3.63, 3.8) is 0 Å². The van der Waals surface area contributed by atoms with Gasteiger partial charge in [0.2, 0.25) is 0 Å². The van der Waals surface area contributed by atoms with E-state index in [4.69, 9.17) is 4.74 Å². The predicted molar refractivity (Wildman–Crippen MR) is 116 cm³/mol. The van der Waals surface area contributed by atoms with Crippen LogP contribution in [0.2, 0.25) is 0 Å². The van der Waals surface area contributed by atoms with Crippen molar-refractivity contribution in [1.82, 2.24) is 29.5 Å². The third-order valence-electron chi connectivity index (χ3n) is 4.85. The third kappa shape index (κ3) is 3.12. The van der Waals surface area contributed by atoms with E-state index in [0.717, 1.165) is 43.8 Å². The molecule has 5 rings (SSSR count). The number of hydrogen-bond donors (Lipinski definition) is 0. The van der Waals surface area contributed by atoms with Crippen LogP contribution in [0.4, 0.5) is 11.5 Å². The molecule has 0 aliphatic carbocycles. The second-order valence-electron chi connectivity index (χ2n) is 6.98. The van der Waals surface area contributed by atoms with Gasteiger partial charge in [-0.1, -0.05) is 24.4 Å². The van der Waals surface area contributed by atoms with Crippen LogP contribution in [-0.4, -0.2) is 43.3 Å². The summed E-state index contributed by atoms with van der Waals surface area (Å²) in [6.45, 7) is 7.01. The van der Waals surface area contributed by atoms with Gasteiger partial charge < -0.3 is 9.30 Å². The van der Waals surface area contributed by atoms with Crippen molar-refractivity contribution in [3.05, 3.63) is 61.1 Å². The van der Waals surface area contributed by atoms with E-state index in [1.807, 2.05) is 11.8 Å². The van der Waals surface area contributed by atoms with Gasteiger partial charge in [-0.05, 0) is 30.2 Å². The number of benzene rings is 1. The molecule has 0 bridgehead atoms. The predicted octanol–water partition coefficient (Wildman–Crippen LogP) is 3.90. The normalized spacial score (nSPS) is 12.7. The van der Waals surface area contributed by atoms with Gasteiger partial charge in [0.25, 0.3) is 0 Å². The minimum Gasteiger partial charge on any atom is -0.364 e. The molecule has 0 unspecified atom stereocenters. The van der Waals surface area contributed by atoms with Crippen LogP contribution in [-0.2, 0) is 11.3 Å². The number of ether oxygens (including phenoxy) is 1. The van der Waals surface area contributed by atoms with Gasteiger partial charge in [0.1, 0.15) is 23.6 Å². The SMILES string of the molecule is C=C(C)c1ncnc2ncn(Cc3ccc4c(c3)N(COC)c3nccnc3S4)c12. The molecular weight excluding hydrogens is 398 g/mol. The maximum atomic E-state index is 5.45. The zero-order valence-corrected chi connectivity index (χ0v) is 17.4.